The maximum Gasteiger partial charge on any atom is 0.137 e. The first-order chi connectivity index (χ1) is 17.4. The predicted octanol–water partition coefficient (Wildman–Crippen LogP) is 4.10. The van der Waals surface area contributed by atoms with E-state index in [0.717, 1.165) is 38.0 Å². The third kappa shape index (κ3) is 5.37. The fourth-order valence-electron chi connectivity index (χ4n) is 5.25. The van der Waals surface area contributed by atoms with E-state index in [-0.39, 0.29) is 12.5 Å². The maximum absolute atomic E-state index is 14.8. The molecule has 192 valence electrons. The normalized spacial score (nSPS) is 22.9. The molecular weight excluding hydrogens is 464 g/mol. The lowest BCUT2D eigenvalue weighted by Crippen LogP contribution is -2.48. The summed E-state index contributed by atoms with van der Waals surface area (Å²) in [7, 11) is 0. The fraction of sp³-hybridized carbons (Fsp3) is 0.481. The van der Waals surface area contributed by atoms with Crippen LogP contribution in [0.2, 0.25) is 0 Å². The first kappa shape index (κ1) is 24.6. The quantitative estimate of drug-likeness (QED) is 0.467. The SMILES string of the molecule is CC(C)N1CCN(c2ccc(OC[C@H]3CO[C@@](Cn4cncn4)(c4ccc(F)cc4F)C3)cc2)CC1. The molecule has 5 rings (SSSR count). The van der Waals surface area contributed by atoms with Crippen LogP contribution in [0.5, 0.6) is 5.75 Å². The average molecular weight is 498 g/mol. The van der Waals surface area contributed by atoms with Crippen LogP contribution in [0.4, 0.5) is 14.5 Å². The zero-order chi connectivity index (χ0) is 25.1. The lowest BCUT2D eigenvalue weighted by Gasteiger charge is -2.38. The lowest BCUT2D eigenvalue weighted by atomic mass is 9.87. The lowest BCUT2D eigenvalue weighted by molar-refractivity contribution is -0.0206. The minimum atomic E-state index is -0.971. The molecule has 0 saturated carbocycles. The molecule has 2 aliphatic heterocycles. The van der Waals surface area contributed by atoms with Crippen molar-refractivity contribution in [3.05, 3.63) is 72.3 Å². The van der Waals surface area contributed by atoms with Crippen molar-refractivity contribution in [3.8, 4) is 5.75 Å². The summed E-state index contributed by atoms with van der Waals surface area (Å²) in [5, 5.41) is 4.17. The van der Waals surface area contributed by atoms with E-state index in [4.69, 9.17) is 9.47 Å². The third-order valence-corrected chi connectivity index (χ3v) is 7.25. The van der Waals surface area contributed by atoms with Gasteiger partial charge in [0.25, 0.3) is 0 Å². The summed E-state index contributed by atoms with van der Waals surface area (Å²) >= 11 is 0. The van der Waals surface area contributed by atoms with E-state index < -0.39 is 17.2 Å². The highest BCUT2D eigenvalue weighted by molar-refractivity contribution is 5.49. The predicted molar refractivity (Wildman–Crippen MR) is 133 cm³/mol. The minimum Gasteiger partial charge on any atom is -0.493 e. The van der Waals surface area contributed by atoms with Gasteiger partial charge in [0.2, 0.25) is 0 Å². The van der Waals surface area contributed by atoms with Gasteiger partial charge in [0.15, 0.2) is 0 Å². The van der Waals surface area contributed by atoms with Gasteiger partial charge in [-0.2, -0.15) is 5.10 Å². The van der Waals surface area contributed by atoms with Crippen LogP contribution in [0.3, 0.4) is 0 Å². The molecule has 2 aromatic carbocycles. The number of piperazine rings is 1. The van der Waals surface area contributed by atoms with Gasteiger partial charge < -0.3 is 14.4 Å². The van der Waals surface area contributed by atoms with Crippen LogP contribution in [0, 0.1) is 17.6 Å². The van der Waals surface area contributed by atoms with E-state index >= 15 is 0 Å². The number of hydrogen-bond donors (Lipinski definition) is 0. The van der Waals surface area contributed by atoms with E-state index in [1.807, 2.05) is 12.1 Å². The molecule has 9 heteroatoms. The van der Waals surface area contributed by atoms with Gasteiger partial charge in [-0.15, -0.1) is 0 Å². The van der Waals surface area contributed by atoms with Crippen LogP contribution in [-0.2, 0) is 16.9 Å². The minimum absolute atomic E-state index is 0.0433. The summed E-state index contributed by atoms with van der Waals surface area (Å²) in [6.07, 6.45) is 3.52. The zero-order valence-electron chi connectivity index (χ0n) is 20.8. The second-order valence-corrected chi connectivity index (χ2v) is 10.0. The molecule has 2 atom stereocenters. The highest BCUT2D eigenvalue weighted by Gasteiger charge is 2.44. The van der Waals surface area contributed by atoms with E-state index in [0.29, 0.717) is 31.2 Å². The second-order valence-electron chi connectivity index (χ2n) is 10.0. The number of nitrogens with zero attached hydrogens (tertiary/aromatic N) is 5. The first-order valence-corrected chi connectivity index (χ1v) is 12.6. The molecule has 36 heavy (non-hydrogen) atoms. The summed E-state index contributed by atoms with van der Waals surface area (Å²) in [5.41, 5.74) is 0.555. The zero-order valence-corrected chi connectivity index (χ0v) is 20.8. The molecule has 0 N–H and O–H groups in total. The average Bonchev–Trinajstić information content (AvgIpc) is 3.54. The molecule has 0 bridgehead atoms. The van der Waals surface area contributed by atoms with Crippen molar-refractivity contribution in [1.82, 2.24) is 19.7 Å². The summed E-state index contributed by atoms with van der Waals surface area (Å²) in [5.74, 6) is -0.403. The van der Waals surface area contributed by atoms with Gasteiger partial charge in [0.1, 0.15) is 35.6 Å². The fourth-order valence-corrected chi connectivity index (χ4v) is 5.25. The molecule has 1 aromatic heterocycles. The Bertz CT molecular complexity index is 1130. The van der Waals surface area contributed by atoms with Gasteiger partial charge in [0.05, 0.1) is 19.8 Å². The highest BCUT2D eigenvalue weighted by Crippen LogP contribution is 2.42. The van der Waals surface area contributed by atoms with Gasteiger partial charge in [-0.1, -0.05) is 6.07 Å². The number of hydrogen-bond acceptors (Lipinski definition) is 6. The Morgan fingerprint density at radius 2 is 1.86 bits per heavy atom. The number of benzene rings is 2. The standard InChI is InChI=1S/C27H33F2N5O2/c1-20(2)32-9-11-33(12-10-32)23-4-6-24(7-5-23)35-15-21-14-27(36-16-21,17-34-19-30-18-31-34)25-8-3-22(28)13-26(25)29/h3-8,13,18-21H,9-12,14-17H2,1-2H3/t21-,27-/m0/s1. The number of anilines is 1. The van der Waals surface area contributed by atoms with Crippen molar-refractivity contribution < 1.29 is 18.3 Å². The number of ether oxygens (including phenoxy) is 2. The van der Waals surface area contributed by atoms with Crippen molar-refractivity contribution in [2.24, 2.45) is 5.92 Å². The van der Waals surface area contributed by atoms with Crippen LogP contribution < -0.4 is 9.64 Å². The molecule has 0 spiro atoms. The van der Waals surface area contributed by atoms with Gasteiger partial charge in [-0.25, -0.2) is 18.4 Å². The topological polar surface area (TPSA) is 55.7 Å². The molecular formula is C27H33F2N5O2. The summed E-state index contributed by atoms with van der Waals surface area (Å²) in [6.45, 7) is 9.79. The summed E-state index contributed by atoms with van der Waals surface area (Å²) < 4.78 is 42.3. The third-order valence-electron chi connectivity index (χ3n) is 7.25. The summed E-state index contributed by atoms with van der Waals surface area (Å²) in [6, 6.07) is 12.4. The van der Waals surface area contributed by atoms with Crippen LogP contribution in [-0.4, -0.2) is 65.1 Å². The van der Waals surface area contributed by atoms with Gasteiger partial charge in [0, 0.05) is 55.5 Å². The van der Waals surface area contributed by atoms with Crippen molar-refractivity contribution in [1.29, 1.82) is 0 Å². The molecule has 3 aromatic rings. The molecule has 7 nitrogen and oxygen atoms in total. The molecule has 0 radical (unpaired) electrons. The van der Waals surface area contributed by atoms with Crippen LogP contribution in [0.1, 0.15) is 25.8 Å². The van der Waals surface area contributed by atoms with Crippen molar-refractivity contribution >= 4 is 5.69 Å². The van der Waals surface area contributed by atoms with Crippen molar-refractivity contribution in [3.63, 3.8) is 0 Å². The Hall–Kier alpha value is -3.04. The second kappa shape index (κ2) is 10.5. The Morgan fingerprint density at radius 1 is 1.08 bits per heavy atom. The van der Waals surface area contributed by atoms with Gasteiger partial charge in [-0.3, -0.25) is 4.90 Å². The number of halogens is 2. The summed E-state index contributed by atoms with van der Waals surface area (Å²) in [4.78, 5) is 8.89. The van der Waals surface area contributed by atoms with E-state index in [2.05, 4.69) is 45.9 Å². The highest BCUT2D eigenvalue weighted by atomic mass is 19.1. The smallest absolute Gasteiger partial charge is 0.137 e. The van der Waals surface area contributed by atoms with Crippen LogP contribution in [0.25, 0.3) is 0 Å². The van der Waals surface area contributed by atoms with Gasteiger partial charge in [-0.05, 0) is 50.6 Å². The Labute approximate surface area is 210 Å². The monoisotopic (exact) mass is 497 g/mol. The molecule has 0 amide bonds. The van der Waals surface area contributed by atoms with Crippen molar-refractivity contribution in [2.45, 2.75) is 38.5 Å². The molecule has 2 aliphatic rings. The van der Waals surface area contributed by atoms with Crippen LogP contribution in [0.15, 0.2) is 55.1 Å². The maximum atomic E-state index is 14.8. The Balaban J connectivity index is 1.21. The molecule has 2 saturated heterocycles. The molecule has 2 fully saturated rings. The van der Waals surface area contributed by atoms with Crippen molar-refractivity contribution in [2.75, 3.05) is 44.3 Å². The molecule has 3 heterocycles. The van der Waals surface area contributed by atoms with Gasteiger partial charge >= 0.3 is 0 Å². The van der Waals surface area contributed by atoms with E-state index in [1.165, 1.54) is 24.1 Å². The largest absolute Gasteiger partial charge is 0.493 e. The number of aromatic nitrogens is 3. The molecule has 0 unspecified atom stereocenters. The van der Waals surface area contributed by atoms with Crippen LogP contribution >= 0.6 is 0 Å². The van der Waals surface area contributed by atoms with E-state index in [1.54, 1.807) is 11.0 Å². The Kier molecular flexibility index (Phi) is 7.20. The number of rotatable bonds is 8. The van der Waals surface area contributed by atoms with E-state index in [9.17, 15) is 8.78 Å². The Morgan fingerprint density at radius 3 is 2.53 bits per heavy atom. The molecule has 0 aliphatic carbocycles. The first-order valence-electron chi connectivity index (χ1n) is 12.6.